The van der Waals surface area contributed by atoms with Gasteiger partial charge in [0, 0.05) is 11.1 Å². The average molecular weight is 363 g/mol. The predicted octanol–water partition coefficient (Wildman–Crippen LogP) is 5.40. The summed E-state index contributed by atoms with van der Waals surface area (Å²) < 4.78 is 17.0. The van der Waals surface area contributed by atoms with Gasteiger partial charge in [-0.1, -0.05) is 33.3 Å². The molecule has 1 N–H and O–H groups in total. The molecular formula is C22H34O4. The first-order valence-corrected chi connectivity index (χ1v) is 9.40. The van der Waals surface area contributed by atoms with Crippen LogP contribution in [-0.2, 0) is 0 Å². The lowest BCUT2D eigenvalue weighted by Crippen LogP contribution is -2.25. The molecule has 2 rings (SSSR count). The average Bonchev–Trinajstić information content (AvgIpc) is 2.58. The molecule has 1 unspecified atom stereocenters. The van der Waals surface area contributed by atoms with Crippen LogP contribution in [0.5, 0.6) is 17.2 Å². The summed E-state index contributed by atoms with van der Waals surface area (Å²) in [5.41, 5.74) is 4.01. The largest absolute Gasteiger partial charge is 0.496 e. The van der Waals surface area contributed by atoms with Gasteiger partial charge in [-0.2, -0.15) is 0 Å². The van der Waals surface area contributed by atoms with E-state index >= 15 is 0 Å². The number of benzene rings is 1. The van der Waals surface area contributed by atoms with Crippen molar-refractivity contribution in [3.63, 3.8) is 0 Å². The van der Waals surface area contributed by atoms with Crippen molar-refractivity contribution < 1.29 is 19.3 Å². The summed E-state index contributed by atoms with van der Waals surface area (Å²) in [6, 6.07) is 1.86. The highest BCUT2D eigenvalue weighted by Crippen LogP contribution is 2.51. The lowest BCUT2D eigenvalue weighted by molar-refractivity contribution is 0.166. The molecule has 0 fully saturated rings. The van der Waals surface area contributed by atoms with Crippen molar-refractivity contribution in [2.24, 2.45) is 5.41 Å². The zero-order chi connectivity index (χ0) is 19.6. The van der Waals surface area contributed by atoms with Crippen molar-refractivity contribution in [3.05, 3.63) is 28.3 Å². The topological polar surface area (TPSA) is 47.9 Å². The van der Waals surface area contributed by atoms with Gasteiger partial charge in [0.15, 0.2) is 11.5 Å². The fourth-order valence-corrected chi connectivity index (χ4v) is 4.38. The predicted molar refractivity (Wildman–Crippen MR) is 105 cm³/mol. The molecule has 1 aliphatic carbocycles. The van der Waals surface area contributed by atoms with E-state index in [-0.39, 0.29) is 11.3 Å². The van der Waals surface area contributed by atoms with Crippen LogP contribution >= 0.6 is 0 Å². The highest BCUT2D eigenvalue weighted by molar-refractivity contribution is 5.61. The van der Waals surface area contributed by atoms with Gasteiger partial charge in [-0.05, 0) is 49.2 Å². The molecule has 0 aromatic heterocycles. The summed E-state index contributed by atoms with van der Waals surface area (Å²) in [6.07, 6.45) is 2.54. The number of rotatable bonds is 6. The number of ether oxygens (including phenoxy) is 3. The molecule has 4 heteroatoms. The lowest BCUT2D eigenvalue weighted by atomic mass is 9.69. The summed E-state index contributed by atoms with van der Waals surface area (Å²) in [7, 11) is 4.91. The summed E-state index contributed by atoms with van der Waals surface area (Å²) in [5, 5.41) is 11.4. The molecule has 1 aliphatic rings. The van der Waals surface area contributed by atoms with Gasteiger partial charge in [0.1, 0.15) is 11.9 Å². The van der Waals surface area contributed by atoms with E-state index in [1.807, 2.05) is 6.07 Å². The van der Waals surface area contributed by atoms with Gasteiger partial charge in [-0.15, -0.1) is 0 Å². The minimum absolute atomic E-state index is 0.0437. The van der Waals surface area contributed by atoms with Crippen molar-refractivity contribution in [1.82, 2.24) is 0 Å². The number of hydrogen-bond acceptors (Lipinski definition) is 4. The van der Waals surface area contributed by atoms with Crippen LogP contribution in [0.4, 0.5) is 0 Å². The molecule has 1 atom stereocenters. The monoisotopic (exact) mass is 362 g/mol. The van der Waals surface area contributed by atoms with E-state index in [1.54, 1.807) is 21.3 Å². The van der Waals surface area contributed by atoms with Crippen molar-refractivity contribution in [1.29, 1.82) is 0 Å². The van der Waals surface area contributed by atoms with E-state index in [1.165, 1.54) is 5.57 Å². The Morgan fingerprint density at radius 3 is 2.12 bits per heavy atom. The van der Waals surface area contributed by atoms with Gasteiger partial charge in [0.2, 0.25) is 0 Å². The Bertz CT molecular complexity index is 686. The fourth-order valence-electron chi connectivity index (χ4n) is 4.38. The maximum Gasteiger partial charge on any atom is 0.167 e. The highest BCUT2D eigenvalue weighted by atomic mass is 16.5. The zero-order valence-corrected chi connectivity index (χ0v) is 17.5. The van der Waals surface area contributed by atoms with Crippen LogP contribution in [0.2, 0.25) is 0 Å². The van der Waals surface area contributed by atoms with Crippen LogP contribution in [0.3, 0.4) is 0 Å². The molecule has 0 radical (unpaired) electrons. The van der Waals surface area contributed by atoms with Gasteiger partial charge in [0.25, 0.3) is 0 Å². The third-order valence-corrected chi connectivity index (χ3v) is 5.58. The van der Waals surface area contributed by atoms with Crippen molar-refractivity contribution in [2.75, 3.05) is 21.3 Å². The Morgan fingerprint density at radius 2 is 1.65 bits per heavy atom. The van der Waals surface area contributed by atoms with Crippen LogP contribution in [0.1, 0.15) is 77.0 Å². The van der Waals surface area contributed by atoms with E-state index in [4.69, 9.17) is 14.2 Å². The zero-order valence-electron chi connectivity index (χ0n) is 17.5. The molecule has 0 heterocycles. The Hall–Kier alpha value is -1.68. The number of hydrogen-bond donors (Lipinski definition) is 1. The normalized spacial score (nSPS) is 18.1. The van der Waals surface area contributed by atoms with E-state index in [2.05, 4.69) is 34.6 Å². The van der Waals surface area contributed by atoms with E-state index in [0.717, 1.165) is 36.0 Å². The van der Waals surface area contributed by atoms with Gasteiger partial charge < -0.3 is 19.3 Å². The number of methoxy groups -OCH3 is 3. The molecule has 26 heavy (non-hydrogen) atoms. The molecule has 0 spiro atoms. The van der Waals surface area contributed by atoms with Gasteiger partial charge in [-0.3, -0.25) is 0 Å². The molecule has 0 saturated carbocycles. The number of allylic oxidation sites excluding steroid dienone is 1. The first kappa shape index (κ1) is 20.6. The van der Waals surface area contributed by atoms with Crippen molar-refractivity contribution in [3.8, 4) is 17.2 Å². The fraction of sp³-hybridized carbons (Fsp3) is 0.636. The summed E-state index contributed by atoms with van der Waals surface area (Å²) >= 11 is 0. The maximum atomic E-state index is 11.4. The second-order valence-corrected chi connectivity index (χ2v) is 8.14. The van der Waals surface area contributed by atoms with Crippen LogP contribution in [0.15, 0.2) is 17.2 Å². The number of aliphatic hydroxyl groups excluding tert-OH is 1. The molecule has 0 bridgehead atoms. The minimum Gasteiger partial charge on any atom is -0.496 e. The van der Waals surface area contributed by atoms with Crippen LogP contribution in [0.25, 0.3) is 0 Å². The molecule has 0 amide bonds. The second kappa shape index (κ2) is 7.91. The molecule has 146 valence electrons. The van der Waals surface area contributed by atoms with E-state index in [0.29, 0.717) is 17.2 Å². The van der Waals surface area contributed by atoms with Crippen molar-refractivity contribution >= 4 is 0 Å². The standard InChI is InChI=1S/C22H34O4/c1-13(2)17-20(25-7)15(12-16(24-6)21(17)26-8)19(23)18-14(3)10-9-11-22(18,4)5/h12-13,19,23H,9-11H2,1-8H3. The van der Waals surface area contributed by atoms with Crippen molar-refractivity contribution in [2.45, 2.75) is 65.9 Å². The molecule has 0 saturated heterocycles. The Labute approximate surface area is 158 Å². The van der Waals surface area contributed by atoms with E-state index in [9.17, 15) is 5.11 Å². The SMILES string of the molecule is COc1cc(C(O)C2=C(C)CCCC2(C)C)c(OC)c(C(C)C)c1OC. The first-order chi connectivity index (χ1) is 12.2. The molecule has 0 aliphatic heterocycles. The Morgan fingerprint density at radius 1 is 1.04 bits per heavy atom. The maximum absolute atomic E-state index is 11.4. The molecule has 4 nitrogen and oxygen atoms in total. The molecule has 1 aromatic rings. The number of aliphatic hydroxyl groups is 1. The van der Waals surface area contributed by atoms with Crippen LogP contribution < -0.4 is 14.2 Å². The third kappa shape index (κ3) is 3.57. The van der Waals surface area contributed by atoms with Gasteiger partial charge in [-0.25, -0.2) is 0 Å². The highest BCUT2D eigenvalue weighted by Gasteiger charge is 2.36. The lowest BCUT2D eigenvalue weighted by Gasteiger charge is -2.38. The molecule has 1 aromatic carbocycles. The molecular weight excluding hydrogens is 328 g/mol. The second-order valence-electron chi connectivity index (χ2n) is 8.14. The van der Waals surface area contributed by atoms with E-state index < -0.39 is 6.10 Å². The van der Waals surface area contributed by atoms with Crippen LogP contribution in [-0.4, -0.2) is 26.4 Å². The summed E-state index contributed by atoms with van der Waals surface area (Å²) in [4.78, 5) is 0. The minimum atomic E-state index is -0.724. The first-order valence-electron chi connectivity index (χ1n) is 9.40. The van der Waals surface area contributed by atoms with Gasteiger partial charge >= 0.3 is 0 Å². The third-order valence-electron chi connectivity index (χ3n) is 5.58. The van der Waals surface area contributed by atoms with Crippen LogP contribution in [0, 0.1) is 5.41 Å². The summed E-state index contributed by atoms with van der Waals surface area (Å²) in [6.45, 7) is 10.7. The Kier molecular flexibility index (Phi) is 6.28. The summed E-state index contributed by atoms with van der Waals surface area (Å²) in [5.74, 6) is 2.14. The quantitative estimate of drug-likeness (QED) is 0.689. The Balaban J connectivity index is 2.74. The van der Waals surface area contributed by atoms with Gasteiger partial charge in [0.05, 0.1) is 21.3 Å². The smallest absolute Gasteiger partial charge is 0.167 e.